The second-order valence-corrected chi connectivity index (χ2v) is 7.71. The van der Waals surface area contributed by atoms with Gasteiger partial charge in [0.2, 0.25) is 0 Å². The first-order chi connectivity index (χ1) is 9.88. The minimum absolute atomic E-state index is 0.0419. The fraction of sp³-hybridized carbons (Fsp3) is 0.600. The van der Waals surface area contributed by atoms with E-state index in [2.05, 4.69) is 5.32 Å². The number of aliphatic hydroxyl groups is 1. The number of hydrogen-bond acceptors (Lipinski definition) is 5. The zero-order valence-electron chi connectivity index (χ0n) is 12.5. The van der Waals surface area contributed by atoms with Crippen molar-refractivity contribution < 1.29 is 18.3 Å². The van der Waals surface area contributed by atoms with Gasteiger partial charge in [-0.25, -0.2) is 8.42 Å². The van der Waals surface area contributed by atoms with Crippen molar-refractivity contribution in [2.75, 3.05) is 19.4 Å². The highest BCUT2D eigenvalue weighted by Crippen LogP contribution is 2.32. The van der Waals surface area contributed by atoms with Crippen molar-refractivity contribution in [1.82, 2.24) is 5.32 Å². The lowest BCUT2D eigenvalue weighted by Gasteiger charge is -2.27. The fourth-order valence-corrected chi connectivity index (χ4v) is 3.50. The summed E-state index contributed by atoms with van der Waals surface area (Å²) in [6.07, 6.45) is 3.74. The molecule has 2 rings (SSSR count). The Bertz CT molecular complexity index is 570. The molecule has 1 saturated carbocycles. The van der Waals surface area contributed by atoms with Crippen molar-refractivity contribution in [1.29, 1.82) is 0 Å². The molecule has 0 heterocycles. The zero-order chi connectivity index (χ0) is 15.5. The highest BCUT2D eigenvalue weighted by Gasteiger charge is 2.39. The van der Waals surface area contributed by atoms with Crippen LogP contribution in [0.25, 0.3) is 0 Å². The number of aliphatic hydroxyl groups excluding tert-OH is 1. The van der Waals surface area contributed by atoms with Gasteiger partial charge < -0.3 is 15.2 Å². The standard InChI is InChI=1S/C15H23NO4S/c1-3-16-15(11-17)9-8-13(10-15)20-12-4-6-14(7-5-12)21(2,18)19/h4-7,13,16-17H,3,8-11H2,1-2H3. The summed E-state index contributed by atoms with van der Waals surface area (Å²) in [7, 11) is -3.18. The number of likely N-dealkylation sites (N-methyl/N-ethyl adjacent to an activating group) is 1. The highest BCUT2D eigenvalue weighted by molar-refractivity contribution is 7.90. The molecule has 2 N–H and O–H groups in total. The van der Waals surface area contributed by atoms with E-state index in [9.17, 15) is 13.5 Å². The average molecular weight is 313 g/mol. The Morgan fingerprint density at radius 2 is 2.05 bits per heavy atom. The maximum Gasteiger partial charge on any atom is 0.175 e. The Kier molecular flexibility index (Phi) is 4.91. The van der Waals surface area contributed by atoms with Crippen LogP contribution in [-0.4, -0.2) is 44.6 Å². The first-order valence-electron chi connectivity index (χ1n) is 7.21. The topological polar surface area (TPSA) is 75.6 Å². The van der Waals surface area contributed by atoms with E-state index in [-0.39, 0.29) is 18.2 Å². The summed E-state index contributed by atoms with van der Waals surface area (Å²) in [5.74, 6) is 0.664. The highest BCUT2D eigenvalue weighted by atomic mass is 32.2. The lowest BCUT2D eigenvalue weighted by Crippen LogP contribution is -2.46. The van der Waals surface area contributed by atoms with Gasteiger partial charge in [-0.1, -0.05) is 6.92 Å². The van der Waals surface area contributed by atoms with E-state index in [1.54, 1.807) is 24.3 Å². The summed E-state index contributed by atoms with van der Waals surface area (Å²) < 4.78 is 28.7. The molecule has 2 atom stereocenters. The summed E-state index contributed by atoms with van der Waals surface area (Å²) in [4.78, 5) is 0.290. The smallest absolute Gasteiger partial charge is 0.175 e. The average Bonchev–Trinajstić information content (AvgIpc) is 2.82. The van der Waals surface area contributed by atoms with E-state index in [4.69, 9.17) is 4.74 Å². The Morgan fingerprint density at radius 1 is 1.38 bits per heavy atom. The summed E-state index contributed by atoms with van der Waals surface area (Å²) >= 11 is 0. The predicted molar refractivity (Wildman–Crippen MR) is 81.3 cm³/mol. The van der Waals surface area contributed by atoms with Gasteiger partial charge in [-0.05, 0) is 43.7 Å². The first kappa shape index (κ1) is 16.3. The number of hydrogen-bond donors (Lipinski definition) is 2. The van der Waals surface area contributed by atoms with Gasteiger partial charge >= 0.3 is 0 Å². The van der Waals surface area contributed by atoms with Crippen molar-refractivity contribution in [3.8, 4) is 5.75 Å². The Balaban J connectivity index is 2.00. The number of ether oxygens (including phenoxy) is 1. The maximum absolute atomic E-state index is 11.4. The van der Waals surface area contributed by atoms with Crippen LogP contribution >= 0.6 is 0 Å². The molecule has 6 heteroatoms. The molecular formula is C15H23NO4S. The molecule has 0 aliphatic heterocycles. The van der Waals surface area contributed by atoms with Crippen molar-refractivity contribution in [3.05, 3.63) is 24.3 Å². The lowest BCUT2D eigenvalue weighted by molar-refractivity contribution is 0.142. The Hall–Kier alpha value is -1.11. The maximum atomic E-state index is 11.4. The van der Waals surface area contributed by atoms with E-state index >= 15 is 0 Å². The molecular weight excluding hydrogens is 290 g/mol. The number of sulfone groups is 1. The van der Waals surface area contributed by atoms with E-state index in [0.29, 0.717) is 10.6 Å². The molecule has 1 aliphatic rings. The Labute approximate surface area is 126 Å². The molecule has 1 aliphatic carbocycles. The third-order valence-corrected chi connectivity index (χ3v) is 5.10. The molecule has 0 aromatic heterocycles. The number of nitrogens with one attached hydrogen (secondary N) is 1. The van der Waals surface area contributed by atoms with Gasteiger partial charge in [-0.15, -0.1) is 0 Å². The summed E-state index contributed by atoms with van der Waals surface area (Å²) in [5, 5.41) is 12.9. The van der Waals surface area contributed by atoms with Crippen LogP contribution in [0.5, 0.6) is 5.75 Å². The van der Waals surface area contributed by atoms with Gasteiger partial charge in [0.25, 0.3) is 0 Å². The molecule has 1 aromatic rings. The molecule has 0 radical (unpaired) electrons. The van der Waals surface area contributed by atoms with Gasteiger partial charge in [0.1, 0.15) is 11.9 Å². The van der Waals surface area contributed by atoms with Gasteiger partial charge in [0.15, 0.2) is 9.84 Å². The van der Waals surface area contributed by atoms with Gasteiger partial charge in [-0.2, -0.15) is 0 Å². The second kappa shape index (κ2) is 6.34. The van der Waals surface area contributed by atoms with Crippen LogP contribution in [0.4, 0.5) is 0 Å². The first-order valence-corrected chi connectivity index (χ1v) is 9.10. The van der Waals surface area contributed by atoms with Crippen LogP contribution in [0.3, 0.4) is 0 Å². The lowest BCUT2D eigenvalue weighted by atomic mass is 9.99. The molecule has 0 saturated heterocycles. The monoisotopic (exact) mass is 313 g/mol. The Morgan fingerprint density at radius 3 is 2.57 bits per heavy atom. The van der Waals surface area contributed by atoms with Crippen LogP contribution < -0.4 is 10.1 Å². The van der Waals surface area contributed by atoms with E-state index in [0.717, 1.165) is 25.8 Å². The molecule has 2 unspecified atom stereocenters. The fourth-order valence-electron chi connectivity index (χ4n) is 2.87. The molecule has 0 amide bonds. The van der Waals surface area contributed by atoms with E-state index in [1.165, 1.54) is 6.26 Å². The van der Waals surface area contributed by atoms with Crippen LogP contribution in [0.2, 0.25) is 0 Å². The quantitative estimate of drug-likeness (QED) is 0.829. The number of benzene rings is 1. The second-order valence-electron chi connectivity index (χ2n) is 5.70. The third-order valence-electron chi connectivity index (χ3n) is 3.97. The van der Waals surface area contributed by atoms with Crippen molar-refractivity contribution in [2.24, 2.45) is 0 Å². The van der Waals surface area contributed by atoms with Crippen molar-refractivity contribution in [3.63, 3.8) is 0 Å². The normalized spacial score (nSPS) is 26.0. The molecule has 5 nitrogen and oxygen atoms in total. The van der Waals surface area contributed by atoms with Gasteiger partial charge in [0, 0.05) is 18.2 Å². The minimum Gasteiger partial charge on any atom is -0.490 e. The van der Waals surface area contributed by atoms with Crippen molar-refractivity contribution in [2.45, 2.75) is 42.7 Å². The van der Waals surface area contributed by atoms with E-state index < -0.39 is 9.84 Å². The van der Waals surface area contributed by atoms with Crippen LogP contribution in [0.1, 0.15) is 26.2 Å². The van der Waals surface area contributed by atoms with Gasteiger partial charge in [-0.3, -0.25) is 0 Å². The SMILES string of the molecule is CCNC1(CO)CCC(Oc2ccc(S(C)(=O)=O)cc2)C1. The summed E-state index contributed by atoms with van der Waals surface area (Å²) in [6.45, 7) is 2.94. The van der Waals surface area contributed by atoms with Gasteiger partial charge in [0.05, 0.1) is 11.5 Å². The minimum atomic E-state index is -3.18. The largest absolute Gasteiger partial charge is 0.490 e. The number of rotatable bonds is 6. The van der Waals surface area contributed by atoms with Crippen LogP contribution in [-0.2, 0) is 9.84 Å². The molecule has 118 valence electrons. The van der Waals surface area contributed by atoms with Crippen molar-refractivity contribution >= 4 is 9.84 Å². The third kappa shape index (κ3) is 3.96. The zero-order valence-corrected chi connectivity index (χ0v) is 13.3. The molecule has 1 aromatic carbocycles. The summed E-state index contributed by atoms with van der Waals surface area (Å²) in [6, 6.07) is 6.48. The molecule has 0 bridgehead atoms. The van der Waals surface area contributed by atoms with Crippen LogP contribution in [0.15, 0.2) is 29.2 Å². The summed E-state index contributed by atoms with van der Waals surface area (Å²) in [5.41, 5.74) is -0.244. The molecule has 0 spiro atoms. The predicted octanol–water partition coefficient (Wildman–Crippen LogP) is 1.36. The van der Waals surface area contributed by atoms with E-state index in [1.807, 2.05) is 6.92 Å². The molecule has 21 heavy (non-hydrogen) atoms. The van der Waals surface area contributed by atoms with Crippen LogP contribution in [0, 0.1) is 0 Å². The molecule has 1 fully saturated rings.